The minimum Gasteiger partial charge on any atom is -0.300 e. The van der Waals surface area contributed by atoms with E-state index in [1.54, 1.807) is 0 Å². The van der Waals surface area contributed by atoms with E-state index in [0.29, 0.717) is 30.8 Å². The first-order chi connectivity index (χ1) is 5.73. The minimum absolute atomic E-state index is 0.185. The quantitative estimate of drug-likeness (QED) is 0.550. The van der Waals surface area contributed by atoms with E-state index in [2.05, 4.69) is 0 Å². The molecule has 0 aromatic carbocycles. The zero-order valence-electron chi connectivity index (χ0n) is 7.27. The molecule has 2 aliphatic rings. The Labute approximate surface area is 72.3 Å². The van der Waals surface area contributed by atoms with Crippen LogP contribution in [0, 0.1) is 5.41 Å². The van der Waals surface area contributed by atoms with E-state index in [9.17, 15) is 9.59 Å². The molecule has 2 fully saturated rings. The highest BCUT2D eigenvalue weighted by molar-refractivity contribution is 5.93. The van der Waals surface area contributed by atoms with E-state index in [1.807, 2.05) is 0 Å². The smallest absolute Gasteiger partial charge is 0.139 e. The number of hydrogen-bond donors (Lipinski definition) is 0. The van der Waals surface area contributed by atoms with E-state index < -0.39 is 0 Å². The predicted octanol–water partition coefficient (Wildman–Crippen LogP) is 1.87. The molecule has 0 heterocycles. The molecule has 2 rings (SSSR count). The van der Waals surface area contributed by atoms with Crippen molar-refractivity contribution in [2.24, 2.45) is 5.41 Å². The van der Waals surface area contributed by atoms with Gasteiger partial charge in [0, 0.05) is 24.7 Å². The molecule has 0 saturated heterocycles. The molecule has 12 heavy (non-hydrogen) atoms. The van der Waals surface area contributed by atoms with Gasteiger partial charge >= 0.3 is 0 Å². The van der Waals surface area contributed by atoms with E-state index in [0.717, 1.165) is 25.7 Å². The van der Waals surface area contributed by atoms with Crippen molar-refractivity contribution in [3.05, 3.63) is 0 Å². The molecule has 0 amide bonds. The van der Waals surface area contributed by atoms with Crippen molar-refractivity contribution in [3.8, 4) is 0 Å². The molecule has 2 aliphatic carbocycles. The number of ketones is 2. The summed E-state index contributed by atoms with van der Waals surface area (Å²) >= 11 is 0. The van der Waals surface area contributed by atoms with Crippen LogP contribution in [0.25, 0.3) is 0 Å². The van der Waals surface area contributed by atoms with E-state index in [-0.39, 0.29) is 5.41 Å². The largest absolute Gasteiger partial charge is 0.300 e. The highest BCUT2D eigenvalue weighted by atomic mass is 16.1. The lowest BCUT2D eigenvalue weighted by Gasteiger charge is -2.30. The summed E-state index contributed by atoms with van der Waals surface area (Å²) in [5.74, 6) is 0.659. The van der Waals surface area contributed by atoms with Crippen molar-refractivity contribution in [2.45, 2.75) is 44.9 Å². The Hall–Kier alpha value is -0.660. The van der Waals surface area contributed by atoms with Gasteiger partial charge in [-0.05, 0) is 25.7 Å². The van der Waals surface area contributed by atoms with Gasteiger partial charge in [0.15, 0.2) is 0 Å². The van der Waals surface area contributed by atoms with Crippen LogP contribution in [0.15, 0.2) is 0 Å². The molecule has 2 heteroatoms. The fourth-order valence-electron chi connectivity index (χ4n) is 2.62. The van der Waals surface area contributed by atoms with Gasteiger partial charge in [-0.2, -0.15) is 0 Å². The number of rotatable bonds is 0. The maximum atomic E-state index is 11.5. The molecule has 0 aromatic rings. The van der Waals surface area contributed by atoms with Crippen molar-refractivity contribution in [2.75, 3.05) is 0 Å². The van der Waals surface area contributed by atoms with Crippen LogP contribution in [0.2, 0.25) is 0 Å². The summed E-state index contributed by atoms with van der Waals surface area (Å²) in [5, 5.41) is 0. The average Bonchev–Trinajstić information content (AvgIpc) is 2.33. The van der Waals surface area contributed by atoms with Crippen molar-refractivity contribution in [1.82, 2.24) is 0 Å². The maximum Gasteiger partial charge on any atom is 0.139 e. The van der Waals surface area contributed by atoms with Crippen LogP contribution in [-0.4, -0.2) is 11.6 Å². The third-order valence-corrected chi connectivity index (χ3v) is 3.30. The molecule has 66 valence electrons. The highest BCUT2D eigenvalue weighted by Crippen LogP contribution is 2.45. The molecule has 1 spiro atoms. The Bertz CT molecular complexity index is 232. The molecule has 0 aromatic heterocycles. The van der Waals surface area contributed by atoms with Gasteiger partial charge in [0.25, 0.3) is 0 Å². The summed E-state index contributed by atoms with van der Waals surface area (Å²) in [6.45, 7) is 0. The van der Waals surface area contributed by atoms with Crippen LogP contribution in [0.4, 0.5) is 0 Å². The standard InChI is InChI=1S/C10H14O2/c11-8-3-1-5-10(7-8)6-2-4-9(10)12/h1-7H2/t10-/m0/s1. The summed E-state index contributed by atoms with van der Waals surface area (Å²) in [5.41, 5.74) is -0.185. The van der Waals surface area contributed by atoms with E-state index in [4.69, 9.17) is 0 Å². The van der Waals surface area contributed by atoms with Gasteiger partial charge < -0.3 is 0 Å². The van der Waals surface area contributed by atoms with Crippen LogP contribution < -0.4 is 0 Å². The lowest BCUT2D eigenvalue weighted by Crippen LogP contribution is -2.32. The number of carbonyl (C=O) groups excluding carboxylic acids is 2. The molecule has 0 aliphatic heterocycles. The average molecular weight is 166 g/mol. The molecular formula is C10H14O2. The zero-order valence-corrected chi connectivity index (χ0v) is 7.27. The Balaban J connectivity index is 2.18. The summed E-state index contributed by atoms with van der Waals surface area (Å²) < 4.78 is 0. The van der Waals surface area contributed by atoms with Crippen LogP contribution in [0.1, 0.15) is 44.9 Å². The lowest BCUT2D eigenvalue weighted by molar-refractivity contribution is -0.134. The third kappa shape index (κ3) is 1.10. The Morgan fingerprint density at radius 2 is 1.67 bits per heavy atom. The van der Waals surface area contributed by atoms with Crippen molar-refractivity contribution in [3.63, 3.8) is 0 Å². The third-order valence-electron chi connectivity index (χ3n) is 3.30. The molecule has 2 nitrogen and oxygen atoms in total. The van der Waals surface area contributed by atoms with Gasteiger partial charge in [-0.3, -0.25) is 9.59 Å². The van der Waals surface area contributed by atoms with Crippen molar-refractivity contribution in [1.29, 1.82) is 0 Å². The van der Waals surface area contributed by atoms with Crippen molar-refractivity contribution < 1.29 is 9.59 Å². The topological polar surface area (TPSA) is 34.1 Å². The molecule has 1 atom stereocenters. The molecule has 2 saturated carbocycles. The van der Waals surface area contributed by atoms with Crippen LogP contribution >= 0.6 is 0 Å². The van der Waals surface area contributed by atoms with E-state index >= 15 is 0 Å². The van der Waals surface area contributed by atoms with Crippen LogP contribution in [-0.2, 0) is 9.59 Å². The SMILES string of the molecule is O=C1CCC[C@]2(CCCC2=O)C1. The number of Topliss-reactive ketones (excluding diaryl/α,β-unsaturated/α-hetero) is 2. The second-order valence-corrected chi connectivity index (χ2v) is 4.13. The molecule has 0 radical (unpaired) electrons. The first-order valence-electron chi connectivity index (χ1n) is 4.78. The molecule has 0 bridgehead atoms. The van der Waals surface area contributed by atoms with Crippen molar-refractivity contribution >= 4 is 11.6 Å². The number of hydrogen-bond acceptors (Lipinski definition) is 2. The fraction of sp³-hybridized carbons (Fsp3) is 0.800. The fourth-order valence-corrected chi connectivity index (χ4v) is 2.62. The lowest BCUT2D eigenvalue weighted by atomic mass is 9.72. The Morgan fingerprint density at radius 1 is 1.00 bits per heavy atom. The summed E-state index contributed by atoms with van der Waals surface area (Å²) in [6, 6.07) is 0. The molecule has 0 unspecified atom stereocenters. The first kappa shape index (κ1) is 7.96. The summed E-state index contributed by atoms with van der Waals surface area (Å²) in [7, 11) is 0. The van der Waals surface area contributed by atoms with Gasteiger partial charge in [-0.15, -0.1) is 0 Å². The van der Waals surface area contributed by atoms with E-state index in [1.165, 1.54) is 0 Å². The first-order valence-corrected chi connectivity index (χ1v) is 4.78. The zero-order chi connectivity index (χ0) is 8.60. The van der Waals surface area contributed by atoms with Gasteiger partial charge in [0.1, 0.15) is 11.6 Å². The highest BCUT2D eigenvalue weighted by Gasteiger charge is 2.44. The van der Waals surface area contributed by atoms with Crippen LogP contribution in [0.3, 0.4) is 0 Å². The predicted molar refractivity (Wildman–Crippen MR) is 44.8 cm³/mol. The Kier molecular flexibility index (Phi) is 1.78. The normalized spacial score (nSPS) is 36.3. The van der Waals surface area contributed by atoms with Gasteiger partial charge in [0.2, 0.25) is 0 Å². The maximum absolute atomic E-state index is 11.5. The number of carbonyl (C=O) groups is 2. The molecule has 0 N–H and O–H groups in total. The van der Waals surface area contributed by atoms with Gasteiger partial charge in [-0.1, -0.05) is 0 Å². The van der Waals surface area contributed by atoms with Gasteiger partial charge in [-0.25, -0.2) is 0 Å². The summed E-state index contributed by atoms with van der Waals surface area (Å²) in [4.78, 5) is 22.8. The Morgan fingerprint density at radius 3 is 2.25 bits per heavy atom. The van der Waals surface area contributed by atoms with Crippen LogP contribution in [0.5, 0.6) is 0 Å². The molecular weight excluding hydrogens is 152 g/mol. The minimum atomic E-state index is -0.185. The van der Waals surface area contributed by atoms with Gasteiger partial charge in [0.05, 0.1) is 0 Å². The monoisotopic (exact) mass is 166 g/mol. The second-order valence-electron chi connectivity index (χ2n) is 4.13. The second kappa shape index (κ2) is 2.68. The summed E-state index contributed by atoms with van der Waals surface area (Å²) in [6.07, 6.45) is 5.85.